The zero-order valence-corrected chi connectivity index (χ0v) is 22.2. The molecule has 0 bridgehead atoms. The van der Waals surface area contributed by atoms with E-state index in [0.29, 0.717) is 10.8 Å². The zero-order chi connectivity index (χ0) is 24.0. The van der Waals surface area contributed by atoms with Gasteiger partial charge < -0.3 is 4.98 Å². The number of aromatic nitrogens is 1. The molecule has 0 N–H and O–H groups in total. The van der Waals surface area contributed by atoms with Crippen molar-refractivity contribution in [2.24, 2.45) is 0 Å². The van der Waals surface area contributed by atoms with Crippen molar-refractivity contribution in [2.45, 2.75) is 25.7 Å². The number of hydrogen-bond donors (Lipinski definition) is 0. The van der Waals surface area contributed by atoms with Gasteiger partial charge in [-0.05, 0) is 81.6 Å². The van der Waals surface area contributed by atoms with Gasteiger partial charge in [-0.1, -0.05) is 53.6 Å². The number of pyridine rings is 1. The SMILES string of the molecule is Fc1cc(F)c2c(ccc3c4ccnc(-c5[c-]c6c7c(c5)CCc5cccc(c5-7)CC6)c4ccc32)c1.[Ir]. The number of benzene rings is 5. The van der Waals surface area contributed by atoms with Gasteiger partial charge in [0.1, 0.15) is 11.6 Å². The van der Waals surface area contributed by atoms with Gasteiger partial charge in [0, 0.05) is 37.8 Å². The first-order chi connectivity index (χ1) is 17.7. The van der Waals surface area contributed by atoms with E-state index in [0.717, 1.165) is 64.6 Å². The first-order valence-electron chi connectivity index (χ1n) is 12.4. The van der Waals surface area contributed by atoms with Crippen LogP contribution in [0.3, 0.4) is 0 Å². The first kappa shape index (κ1) is 22.7. The predicted molar refractivity (Wildman–Crippen MR) is 141 cm³/mol. The first-order valence-corrected chi connectivity index (χ1v) is 12.4. The van der Waals surface area contributed by atoms with Crippen LogP contribution in [0.4, 0.5) is 8.78 Å². The molecule has 2 aliphatic rings. The second-order valence-electron chi connectivity index (χ2n) is 9.98. The molecule has 1 aromatic heterocycles. The summed E-state index contributed by atoms with van der Waals surface area (Å²) in [6.45, 7) is 0. The molecule has 5 aromatic carbocycles. The minimum atomic E-state index is -0.562. The summed E-state index contributed by atoms with van der Waals surface area (Å²) in [4.78, 5) is 4.80. The Morgan fingerprint density at radius 1 is 0.676 bits per heavy atom. The van der Waals surface area contributed by atoms with E-state index in [4.69, 9.17) is 4.98 Å². The van der Waals surface area contributed by atoms with Gasteiger partial charge in [-0.15, -0.1) is 28.8 Å². The number of halogens is 2. The van der Waals surface area contributed by atoms with Gasteiger partial charge in [-0.2, -0.15) is 0 Å². The standard InChI is InChI=1S/C33H20F2N.Ir/c34-24-16-22-8-9-25-26-12-13-36-33(28(26)11-10-27(25)32(22)29(35)17-24)23-14-20-6-4-18-2-1-3-19-5-7-21(15-23)31(20)30(18)19;/h1-3,8-14,16-17H,4-7H2;/q-1;. The van der Waals surface area contributed by atoms with Crippen molar-refractivity contribution in [3.05, 3.63) is 113 Å². The summed E-state index contributed by atoms with van der Waals surface area (Å²) in [7, 11) is 0. The second-order valence-corrected chi connectivity index (χ2v) is 9.98. The van der Waals surface area contributed by atoms with Crippen molar-refractivity contribution >= 4 is 32.3 Å². The molecule has 0 atom stereocenters. The summed E-state index contributed by atoms with van der Waals surface area (Å²) in [6.07, 6.45) is 5.95. The third-order valence-electron chi connectivity index (χ3n) is 8.05. The Kier molecular flexibility index (Phi) is 5.08. The fourth-order valence-corrected chi connectivity index (χ4v) is 6.52. The molecule has 0 fully saturated rings. The van der Waals surface area contributed by atoms with E-state index in [1.807, 2.05) is 30.5 Å². The molecule has 6 aromatic rings. The Hall–Kier alpha value is -3.46. The molecule has 1 nitrogen and oxygen atoms in total. The van der Waals surface area contributed by atoms with E-state index in [9.17, 15) is 8.78 Å². The smallest absolute Gasteiger partial charge is 0.134 e. The van der Waals surface area contributed by atoms with Crippen molar-refractivity contribution in [3.8, 4) is 22.4 Å². The van der Waals surface area contributed by atoms with Crippen LogP contribution in [0.5, 0.6) is 0 Å². The molecule has 2 aliphatic carbocycles. The average molecular weight is 661 g/mol. The van der Waals surface area contributed by atoms with Crippen LogP contribution in [-0.2, 0) is 45.8 Å². The van der Waals surface area contributed by atoms with Crippen molar-refractivity contribution in [1.29, 1.82) is 0 Å². The van der Waals surface area contributed by atoms with E-state index >= 15 is 0 Å². The number of nitrogens with zero attached hydrogens (tertiary/aromatic N) is 1. The van der Waals surface area contributed by atoms with Crippen LogP contribution in [-0.4, -0.2) is 4.98 Å². The molecule has 0 amide bonds. The van der Waals surface area contributed by atoms with Crippen LogP contribution in [0.25, 0.3) is 54.7 Å². The quantitative estimate of drug-likeness (QED) is 0.128. The van der Waals surface area contributed by atoms with Crippen molar-refractivity contribution in [1.82, 2.24) is 4.98 Å². The number of aryl methyl sites for hydroxylation is 4. The maximum absolute atomic E-state index is 14.8. The molecule has 0 saturated heterocycles. The third kappa shape index (κ3) is 3.26. The van der Waals surface area contributed by atoms with Gasteiger partial charge in [0.15, 0.2) is 0 Å². The minimum absolute atomic E-state index is 0. The van der Waals surface area contributed by atoms with Crippen LogP contribution in [0, 0.1) is 17.7 Å². The summed E-state index contributed by atoms with van der Waals surface area (Å²) in [6, 6.07) is 24.8. The molecule has 181 valence electrons. The molecule has 1 heterocycles. The van der Waals surface area contributed by atoms with Gasteiger partial charge in [0.2, 0.25) is 0 Å². The zero-order valence-electron chi connectivity index (χ0n) is 19.8. The Balaban J connectivity index is 0.00000231. The van der Waals surface area contributed by atoms with Crippen LogP contribution < -0.4 is 0 Å². The molecular formula is C33H20F2IrN-. The average Bonchev–Trinajstić information content (AvgIpc) is 2.90. The predicted octanol–water partition coefficient (Wildman–Crippen LogP) is 8.15. The topological polar surface area (TPSA) is 12.9 Å². The molecule has 0 spiro atoms. The van der Waals surface area contributed by atoms with Crippen molar-refractivity contribution in [3.63, 3.8) is 0 Å². The van der Waals surface area contributed by atoms with Crippen molar-refractivity contribution in [2.75, 3.05) is 0 Å². The third-order valence-corrected chi connectivity index (χ3v) is 8.05. The number of fused-ring (bicyclic) bond motifs is 5. The van der Waals surface area contributed by atoms with Crippen molar-refractivity contribution < 1.29 is 28.9 Å². The van der Waals surface area contributed by atoms with Crippen LogP contribution in [0.1, 0.15) is 22.3 Å². The molecule has 0 aliphatic heterocycles. The minimum Gasteiger partial charge on any atom is -0.304 e. The van der Waals surface area contributed by atoms with Gasteiger partial charge in [-0.25, -0.2) is 8.78 Å². The maximum Gasteiger partial charge on any atom is 0.134 e. The molecule has 0 saturated carbocycles. The van der Waals surface area contributed by atoms with Crippen LogP contribution in [0.15, 0.2) is 72.9 Å². The number of rotatable bonds is 1. The molecule has 1 radical (unpaired) electrons. The summed E-state index contributed by atoms with van der Waals surface area (Å²) in [5.41, 5.74) is 10.3. The monoisotopic (exact) mass is 661 g/mol. The van der Waals surface area contributed by atoms with E-state index < -0.39 is 11.6 Å². The fourth-order valence-electron chi connectivity index (χ4n) is 6.52. The van der Waals surface area contributed by atoms with Crippen LogP contribution in [0.2, 0.25) is 0 Å². The maximum atomic E-state index is 14.8. The number of hydrogen-bond acceptors (Lipinski definition) is 1. The molecule has 4 heteroatoms. The van der Waals surface area contributed by atoms with Gasteiger partial charge in [0.25, 0.3) is 0 Å². The van der Waals surface area contributed by atoms with E-state index in [-0.39, 0.29) is 20.1 Å². The van der Waals surface area contributed by atoms with Crippen LogP contribution >= 0.6 is 0 Å². The molecule has 8 rings (SSSR count). The molecular weight excluding hydrogens is 641 g/mol. The molecule has 0 unspecified atom stereocenters. The van der Waals surface area contributed by atoms with Gasteiger partial charge >= 0.3 is 0 Å². The van der Waals surface area contributed by atoms with E-state index in [2.05, 4.69) is 30.3 Å². The normalized spacial score (nSPS) is 13.6. The largest absolute Gasteiger partial charge is 0.304 e. The van der Waals surface area contributed by atoms with Gasteiger partial charge in [0.05, 0.1) is 0 Å². The molecule has 37 heavy (non-hydrogen) atoms. The summed E-state index contributed by atoms with van der Waals surface area (Å²) in [5.74, 6) is -1.10. The fraction of sp³-hybridized carbons (Fsp3) is 0.121. The second kappa shape index (κ2) is 8.28. The Morgan fingerprint density at radius 3 is 2.27 bits per heavy atom. The summed E-state index contributed by atoms with van der Waals surface area (Å²) < 4.78 is 28.6. The van der Waals surface area contributed by atoms with E-state index in [1.165, 1.54) is 39.4 Å². The Bertz CT molecular complexity index is 1880. The Labute approximate surface area is 226 Å². The summed E-state index contributed by atoms with van der Waals surface area (Å²) >= 11 is 0. The van der Waals surface area contributed by atoms with E-state index in [1.54, 1.807) is 6.07 Å². The van der Waals surface area contributed by atoms with Gasteiger partial charge in [-0.3, -0.25) is 0 Å². The summed E-state index contributed by atoms with van der Waals surface area (Å²) in [5, 5.41) is 4.76. The Morgan fingerprint density at radius 2 is 1.41 bits per heavy atom.